The average Bonchev–Trinajstić information content (AvgIpc) is 2.87. The fourth-order valence-electron chi connectivity index (χ4n) is 3.22. The van der Waals surface area contributed by atoms with Crippen LogP contribution in [0.5, 0.6) is 0 Å². The van der Waals surface area contributed by atoms with E-state index in [0.717, 1.165) is 72.1 Å². The van der Waals surface area contributed by atoms with Gasteiger partial charge in [-0.05, 0) is 76.2 Å². The number of carbonyl (C=O) groups is 2. The van der Waals surface area contributed by atoms with Gasteiger partial charge in [-0.15, -0.1) is 0 Å². The van der Waals surface area contributed by atoms with E-state index in [-0.39, 0.29) is 21.4 Å². The molecule has 2 fully saturated rings. The molecule has 0 unspecified atom stereocenters. The minimum absolute atomic E-state index is 0.0278. The lowest BCUT2D eigenvalue weighted by Gasteiger charge is -2.26. The van der Waals surface area contributed by atoms with Crippen molar-refractivity contribution in [3.05, 3.63) is 0 Å². The van der Waals surface area contributed by atoms with Gasteiger partial charge in [0.05, 0.1) is 41.7 Å². The SMILES string of the molecule is CC(C)(Br)C(=O)Br.CC(C)(Br)C(=O)CCCN1CCOCC1.CCN(CC)CC.OCCN1CCOCC1. The second-order valence-corrected chi connectivity index (χ2v) is 14.7. The maximum Gasteiger partial charge on any atom is 0.213 e. The highest BCUT2D eigenvalue weighted by atomic mass is 79.9. The first-order valence-electron chi connectivity index (χ1n) is 13.8. The maximum atomic E-state index is 11.6. The molecular weight excluding hydrogens is 686 g/mol. The van der Waals surface area contributed by atoms with Crippen LogP contribution in [0, 0.1) is 0 Å². The van der Waals surface area contributed by atoms with Crippen molar-refractivity contribution in [3.63, 3.8) is 0 Å². The Bertz CT molecular complexity index is 577. The van der Waals surface area contributed by atoms with Crippen LogP contribution in [0.4, 0.5) is 0 Å². The summed E-state index contributed by atoms with van der Waals surface area (Å²) in [5.41, 5.74) is 0. The van der Waals surface area contributed by atoms with Crippen molar-refractivity contribution in [3.8, 4) is 0 Å². The molecule has 38 heavy (non-hydrogen) atoms. The second-order valence-electron chi connectivity index (χ2n) is 10.00. The molecule has 2 aliphatic rings. The molecule has 0 aliphatic carbocycles. The van der Waals surface area contributed by atoms with Crippen LogP contribution in [-0.2, 0) is 19.1 Å². The standard InChI is InChI=1S/C11H20BrNO2.C6H13NO2.C6H15N.C4H6Br2O/c1-11(2,12)10(14)4-3-5-13-6-8-15-9-7-13;8-4-1-7-2-5-9-6-3-7;1-4-7(5-2)6-3;1-4(2,6)3(5)7/h3-9H2,1-2H3;8H,1-6H2;4-6H2,1-3H3;1-2H3. The van der Waals surface area contributed by atoms with Gasteiger partial charge in [-0.2, -0.15) is 0 Å². The summed E-state index contributed by atoms with van der Waals surface area (Å²) in [6.45, 7) is 26.8. The lowest BCUT2D eigenvalue weighted by molar-refractivity contribution is -0.120. The van der Waals surface area contributed by atoms with Gasteiger partial charge >= 0.3 is 0 Å². The largest absolute Gasteiger partial charge is 0.395 e. The van der Waals surface area contributed by atoms with E-state index in [1.165, 1.54) is 19.6 Å². The number of ketones is 1. The predicted octanol–water partition coefficient (Wildman–Crippen LogP) is 4.58. The number of aliphatic hydroxyl groups excluding tert-OH is 1. The van der Waals surface area contributed by atoms with Gasteiger partial charge < -0.3 is 19.5 Å². The smallest absolute Gasteiger partial charge is 0.213 e. The van der Waals surface area contributed by atoms with Gasteiger partial charge in [-0.3, -0.25) is 19.4 Å². The summed E-state index contributed by atoms with van der Waals surface area (Å²) in [5.74, 6) is 0.288. The van der Waals surface area contributed by atoms with Crippen LogP contribution in [-0.4, -0.2) is 131 Å². The van der Waals surface area contributed by atoms with Crippen LogP contribution in [0.3, 0.4) is 0 Å². The monoisotopic (exact) mass is 737 g/mol. The zero-order valence-electron chi connectivity index (χ0n) is 24.9. The number of rotatable bonds is 11. The number of Topliss-reactive ketones (excluding diaryl/α,β-unsaturated/α-hetero) is 1. The van der Waals surface area contributed by atoms with E-state index in [2.05, 4.69) is 83.3 Å². The molecule has 0 saturated carbocycles. The molecule has 2 aliphatic heterocycles. The zero-order chi connectivity index (χ0) is 29.6. The molecule has 2 rings (SSSR count). The normalized spacial score (nSPS) is 16.8. The van der Waals surface area contributed by atoms with E-state index in [4.69, 9.17) is 14.6 Å². The zero-order valence-corrected chi connectivity index (χ0v) is 29.6. The minimum atomic E-state index is -0.410. The Morgan fingerprint density at radius 2 is 1.16 bits per heavy atom. The number of nitrogens with zero attached hydrogens (tertiary/aromatic N) is 3. The summed E-state index contributed by atoms with van der Waals surface area (Å²) in [4.78, 5) is 28.9. The van der Waals surface area contributed by atoms with Gasteiger partial charge in [0.2, 0.25) is 4.69 Å². The molecule has 2 heterocycles. The van der Waals surface area contributed by atoms with Gasteiger partial charge in [0, 0.05) is 39.1 Å². The molecule has 0 bridgehead atoms. The first kappa shape index (κ1) is 40.7. The quantitative estimate of drug-likeness (QED) is 0.244. The highest BCUT2D eigenvalue weighted by Gasteiger charge is 2.23. The Hall–Kier alpha value is 0.540. The third kappa shape index (κ3) is 24.3. The molecule has 0 aromatic rings. The van der Waals surface area contributed by atoms with Gasteiger partial charge in [0.15, 0.2) is 0 Å². The van der Waals surface area contributed by atoms with Crippen LogP contribution in [0.15, 0.2) is 0 Å². The molecular formula is C27H54Br3N3O5. The third-order valence-electron chi connectivity index (χ3n) is 5.97. The molecule has 0 amide bonds. The van der Waals surface area contributed by atoms with Crippen molar-refractivity contribution in [2.75, 3.05) is 91.9 Å². The van der Waals surface area contributed by atoms with Crippen LogP contribution in [0.25, 0.3) is 0 Å². The molecule has 0 spiro atoms. The molecule has 0 aromatic carbocycles. The van der Waals surface area contributed by atoms with E-state index >= 15 is 0 Å². The van der Waals surface area contributed by atoms with Gasteiger partial charge in [0.1, 0.15) is 5.78 Å². The van der Waals surface area contributed by atoms with Crippen molar-refractivity contribution in [2.24, 2.45) is 0 Å². The minimum Gasteiger partial charge on any atom is -0.395 e. The fourth-order valence-corrected chi connectivity index (χ4v) is 3.42. The first-order chi connectivity index (χ1) is 17.7. The molecule has 8 nitrogen and oxygen atoms in total. The fraction of sp³-hybridized carbons (Fsp3) is 0.926. The number of β-amino-alcohol motifs (C(OH)–C–C–N with tert-alkyl or cyclic N) is 1. The van der Waals surface area contributed by atoms with Gasteiger partial charge in [-0.25, -0.2) is 0 Å². The van der Waals surface area contributed by atoms with Crippen molar-refractivity contribution < 1.29 is 24.2 Å². The number of ether oxygens (including phenoxy) is 2. The number of hydrogen-bond donors (Lipinski definition) is 1. The summed E-state index contributed by atoms with van der Waals surface area (Å²) < 4.78 is 9.59. The van der Waals surface area contributed by atoms with Gasteiger partial charge in [-0.1, -0.05) is 52.6 Å². The highest BCUT2D eigenvalue weighted by Crippen LogP contribution is 2.20. The first-order valence-corrected chi connectivity index (χ1v) is 16.1. The predicted molar refractivity (Wildman–Crippen MR) is 169 cm³/mol. The maximum absolute atomic E-state index is 11.6. The summed E-state index contributed by atoms with van der Waals surface area (Å²) in [7, 11) is 0. The summed E-state index contributed by atoms with van der Waals surface area (Å²) in [5, 5.41) is 8.54. The van der Waals surface area contributed by atoms with Crippen molar-refractivity contribution in [1.82, 2.24) is 14.7 Å². The lowest BCUT2D eigenvalue weighted by Crippen LogP contribution is -2.37. The Balaban J connectivity index is 0. The molecule has 1 N–H and O–H groups in total. The third-order valence-corrected chi connectivity index (χ3v) is 8.30. The summed E-state index contributed by atoms with van der Waals surface area (Å²) >= 11 is 9.34. The molecule has 0 atom stereocenters. The Kier molecular flexibility index (Phi) is 25.9. The molecule has 0 aromatic heterocycles. The van der Waals surface area contributed by atoms with E-state index in [0.29, 0.717) is 6.42 Å². The number of hydrogen-bond acceptors (Lipinski definition) is 8. The van der Waals surface area contributed by atoms with E-state index in [1.54, 1.807) is 13.8 Å². The average molecular weight is 740 g/mol. The Morgan fingerprint density at radius 3 is 1.42 bits per heavy atom. The summed E-state index contributed by atoms with van der Waals surface area (Å²) in [6, 6.07) is 0. The summed E-state index contributed by atoms with van der Waals surface area (Å²) in [6.07, 6.45) is 1.61. The number of alkyl halides is 2. The molecule has 2 saturated heterocycles. The molecule has 228 valence electrons. The molecule has 0 radical (unpaired) electrons. The van der Waals surface area contributed by atoms with Gasteiger partial charge in [0.25, 0.3) is 0 Å². The van der Waals surface area contributed by atoms with E-state index < -0.39 is 4.32 Å². The number of morpholine rings is 2. The van der Waals surface area contributed by atoms with Crippen LogP contribution in [0.2, 0.25) is 0 Å². The second kappa shape index (κ2) is 24.2. The van der Waals surface area contributed by atoms with Crippen LogP contribution < -0.4 is 0 Å². The van der Waals surface area contributed by atoms with Crippen LogP contribution >= 0.6 is 47.8 Å². The number of carbonyl (C=O) groups excluding carboxylic acids is 2. The highest BCUT2D eigenvalue weighted by molar-refractivity contribution is 9.20. The van der Waals surface area contributed by atoms with Crippen molar-refractivity contribution in [1.29, 1.82) is 0 Å². The van der Waals surface area contributed by atoms with Crippen molar-refractivity contribution in [2.45, 2.75) is 70.0 Å². The Morgan fingerprint density at radius 1 is 0.789 bits per heavy atom. The van der Waals surface area contributed by atoms with Crippen LogP contribution in [0.1, 0.15) is 61.3 Å². The lowest BCUT2D eigenvalue weighted by atomic mass is 10.0. The van der Waals surface area contributed by atoms with Crippen molar-refractivity contribution >= 4 is 58.3 Å². The topological polar surface area (TPSA) is 82.5 Å². The van der Waals surface area contributed by atoms with E-state index in [1.807, 2.05) is 13.8 Å². The molecule has 11 heteroatoms. The Labute approximate surface area is 257 Å². The number of halogens is 3. The number of aliphatic hydroxyl groups is 1. The van der Waals surface area contributed by atoms with E-state index in [9.17, 15) is 9.59 Å².